The second kappa shape index (κ2) is 5.86. The Balaban J connectivity index is 2.03. The maximum Gasteiger partial charge on any atom is 0.282 e. The average Bonchev–Trinajstić information content (AvgIpc) is 2.75. The topological polar surface area (TPSA) is 84.7 Å². The van der Waals surface area contributed by atoms with Crippen molar-refractivity contribution in [2.24, 2.45) is 7.05 Å². The number of nitrogens with zero attached hydrogens (tertiary/aromatic N) is 3. The normalized spacial score (nSPS) is 19.2. The Morgan fingerprint density at radius 3 is 3.00 bits per heavy atom. The Labute approximate surface area is 126 Å². The van der Waals surface area contributed by atoms with E-state index < -0.39 is 17.6 Å². The number of rotatable bonds is 1. The molecular formula is C15H17N3O4. The van der Waals surface area contributed by atoms with Crippen LogP contribution in [0.4, 0.5) is 0 Å². The van der Waals surface area contributed by atoms with Crippen molar-refractivity contribution in [1.82, 2.24) is 14.5 Å². The van der Waals surface area contributed by atoms with E-state index in [4.69, 9.17) is 4.74 Å². The minimum absolute atomic E-state index is 0.129. The van der Waals surface area contributed by atoms with Crippen LogP contribution in [0.2, 0.25) is 0 Å². The van der Waals surface area contributed by atoms with Crippen LogP contribution < -0.4 is 5.56 Å². The Bertz CT molecular complexity index is 771. The molecule has 0 aliphatic carbocycles. The number of carbonyl (C=O) groups is 1. The van der Waals surface area contributed by atoms with Crippen LogP contribution in [0.15, 0.2) is 29.1 Å². The fraction of sp³-hybridized carbons (Fsp3) is 0.400. The number of aryl methyl sites for hydroxylation is 1. The molecule has 0 spiro atoms. The molecule has 1 saturated heterocycles. The SMILES string of the molecule is Cn1c(=O)c(C(=O)N2CCOCC(O)C2)nc2ccccc21. The largest absolute Gasteiger partial charge is 0.389 e. The molecule has 1 aliphatic heterocycles. The number of carbonyl (C=O) groups excluding carboxylic acids is 1. The lowest BCUT2D eigenvalue weighted by Crippen LogP contribution is -2.41. The lowest BCUT2D eigenvalue weighted by molar-refractivity contribution is 0.0532. The summed E-state index contributed by atoms with van der Waals surface area (Å²) in [5, 5.41) is 9.73. The monoisotopic (exact) mass is 303 g/mol. The quantitative estimate of drug-likeness (QED) is 0.786. The Hall–Kier alpha value is -2.25. The molecule has 3 rings (SSSR count). The molecule has 0 bridgehead atoms. The number of β-amino-alcohol motifs (C(OH)–C–C–N with tert-alkyl or cyclic N) is 1. The van der Waals surface area contributed by atoms with Crippen molar-refractivity contribution in [3.8, 4) is 0 Å². The van der Waals surface area contributed by atoms with E-state index in [0.29, 0.717) is 24.2 Å². The lowest BCUT2D eigenvalue weighted by Gasteiger charge is -2.21. The van der Waals surface area contributed by atoms with Gasteiger partial charge in [-0.1, -0.05) is 12.1 Å². The number of fused-ring (bicyclic) bond motifs is 1. The van der Waals surface area contributed by atoms with Crippen LogP contribution in [0.3, 0.4) is 0 Å². The maximum absolute atomic E-state index is 12.6. The molecule has 1 aromatic carbocycles. The van der Waals surface area contributed by atoms with Crippen LogP contribution in [-0.4, -0.2) is 57.9 Å². The maximum atomic E-state index is 12.6. The molecule has 2 heterocycles. The van der Waals surface area contributed by atoms with Gasteiger partial charge in [-0.2, -0.15) is 0 Å². The zero-order valence-electron chi connectivity index (χ0n) is 12.2. The summed E-state index contributed by atoms with van der Waals surface area (Å²) in [6.45, 7) is 0.980. The highest BCUT2D eigenvalue weighted by atomic mass is 16.5. The minimum atomic E-state index is -0.754. The number of hydrogen-bond acceptors (Lipinski definition) is 5. The van der Waals surface area contributed by atoms with Gasteiger partial charge in [-0.25, -0.2) is 4.98 Å². The number of ether oxygens (including phenoxy) is 1. The predicted octanol–water partition coefficient (Wildman–Crippen LogP) is -0.233. The minimum Gasteiger partial charge on any atom is -0.389 e. The van der Waals surface area contributed by atoms with Gasteiger partial charge < -0.3 is 19.3 Å². The molecular weight excluding hydrogens is 286 g/mol. The Morgan fingerprint density at radius 2 is 2.18 bits per heavy atom. The summed E-state index contributed by atoms with van der Waals surface area (Å²) in [6, 6.07) is 7.15. The standard InChI is InChI=1S/C15H17N3O4/c1-17-12-5-3-2-4-11(12)16-13(14(17)20)15(21)18-6-7-22-9-10(19)8-18/h2-5,10,19H,6-9H2,1H3. The third-order valence-electron chi connectivity index (χ3n) is 3.72. The van der Waals surface area contributed by atoms with Gasteiger partial charge in [-0.3, -0.25) is 9.59 Å². The zero-order valence-corrected chi connectivity index (χ0v) is 12.2. The molecule has 0 radical (unpaired) electrons. The van der Waals surface area contributed by atoms with Gasteiger partial charge >= 0.3 is 0 Å². The summed E-state index contributed by atoms with van der Waals surface area (Å²) < 4.78 is 6.62. The smallest absolute Gasteiger partial charge is 0.282 e. The fourth-order valence-corrected chi connectivity index (χ4v) is 2.54. The highest BCUT2D eigenvalue weighted by Gasteiger charge is 2.25. The van der Waals surface area contributed by atoms with E-state index in [2.05, 4.69) is 4.98 Å². The van der Waals surface area contributed by atoms with Crippen molar-refractivity contribution in [2.45, 2.75) is 6.10 Å². The van der Waals surface area contributed by atoms with Gasteiger partial charge in [0.15, 0.2) is 5.69 Å². The molecule has 1 aromatic heterocycles. The number of aromatic nitrogens is 2. The summed E-state index contributed by atoms with van der Waals surface area (Å²) in [4.78, 5) is 30.6. The van der Waals surface area contributed by atoms with E-state index in [1.807, 2.05) is 6.07 Å². The van der Waals surface area contributed by atoms with Gasteiger partial charge in [-0.15, -0.1) is 0 Å². The first-order valence-electron chi connectivity index (χ1n) is 7.09. The van der Waals surface area contributed by atoms with Crippen LogP contribution in [-0.2, 0) is 11.8 Å². The number of aliphatic hydroxyl groups excluding tert-OH is 1. The van der Waals surface area contributed by atoms with Crippen molar-refractivity contribution >= 4 is 16.9 Å². The van der Waals surface area contributed by atoms with Gasteiger partial charge in [0.2, 0.25) is 0 Å². The number of benzene rings is 1. The lowest BCUT2D eigenvalue weighted by atomic mass is 10.2. The first-order chi connectivity index (χ1) is 10.6. The summed E-state index contributed by atoms with van der Waals surface area (Å²) in [5.41, 5.74) is 0.682. The molecule has 22 heavy (non-hydrogen) atoms. The highest BCUT2D eigenvalue weighted by molar-refractivity contribution is 5.94. The van der Waals surface area contributed by atoms with Gasteiger partial charge in [0.05, 0.1) is 30.4 Å². The van der Waals surface area contributed by atoms with Crippen molar-refractivity contribution in [2.75, 3.05) is 26.3 Å². The van der Waals surface area contributed by atoms with Crippen LogP contribution >= 0.6 is 0 Å². The molecule has 1 N–H and O–H groups in total. The van der Waals surface area contributed by atoms with Gasteiger partial charge in [0.25, 0.3) is 11.5 Å². The second-order valence-electron chi connectivity index (χ2n) is 5.29. The third kappa shape index (κ3) is 2.60. The summed E-state index contributed by atoms with van der Waals surface area (Å²) in [7, 11) is 1.61. The molecule has 1 atom stereocenters. The highest BCUT2D eigenvalue weighted by Crippen LogP contribution is 2.10. The first-order valence-corrected chi connectivity index (χ1v) is 7.09. The Kier molecular flexibility index (Phi) is 3.91. The molecule has 1 unspecified atom stereocenters. The number of hydrogen-bond donors (Lipinski definition) is 1. The van der Waals surface area contributed by atoms with E-state index in [9.17, 15) is 14.7 Å². The van der Waals surface area contributed by atoms with Gasteiger partial charge in [-0.05, 0) is 12.1 Å². The van der Waals surface area contributed by atoms with Crippen molar-refractivity contribution in [3.05, 3.63) is 40.3 Å². The summed E-state index contributed by atoms with van der Waals surface area (Å²) in [6.07, 6.45) is -0.754. The van der Waals surface area contributed by atoms with Crippen LogP contribution in [0.5, 0.6) is 0 Å². The van der Waals surface area contributed by atoms with Crippen LogP contribution in [0, 0.1) is 0 Å². The van der Waals surface area contributed by atoms with Crippen molar-refractivity contribution < 1.29 is 14.6 Å². The molecule has 0 saturated carbocycles. The second-order valence-corrected chi connectivity index (χ2v) is 5.29. The number of amides is 1. The van der Waals surface area contributed by atoms with Gasteiger partial charge in [0, 0.05) is 20.1 Å². The van der Waals surface area contributed by atoms with Gasteiger partial charge in [0.1, 0.15) is 0 Å². The van der Waals surface area contributed by atoms with Crippen LogP contribution in [0.25, 0.3) is 11.0 Å². The first kappa shape index (κ1) is 14.7. The zero-order chi connectivity index (χ0) is 15.7. The molecule has 7 heteroatoms. The summed E-state index contributed by atoms with van der Waals surface area (Å²) >= 11 is 0. The molecule has 1 fully saturated rings. The van der Waals surface area contributed by atoms with Crippen molar-refractivity contribution in [1.29, 1.82) is 0 Å². The van der Waals surface area contributed by atoms with Crippen LogP contribution in [0.1, 0.15) is 10.5 Å². The van der Waals surface area contributed by atoms with Crippen molar-refractivity contribution in [3.63, 3.8) is 0 Å². The molecule has 2 aromatic rings. The summed E-state index contributed by atoms with van der Waals surface area (Å²) in [5.74, 6) is -0.476. The molecule has 1 amide bonds. The predicted molar refractivity (Wildman–Crippen MR) is 79.7 cm³/mol. The average molecular weight is 303 g/mol. The van der Waals surface area contributed by atoms with E-state index in [1.54, 1.807) is 25.2 Å². The Morgan fingerprint density at radius 1 is 1.41 bits per heavy atom. The van der Waals surface area contributed by atoms with E-state index in [-0.39, 0.29) is 18.8 Å². The molecule has 1 aliphatic rings. The third-order valence-corrected chi connectivity index (χ3v) is 3.72. The van der Waals surface area contributed by atoms with E-state index in [1.165, 1.54) is 9.47 Å². The number of para-hydroxylation sites is 2. The molecule has 7 nitrogen and oxygen atoms in total. The fourth-order valence-electron chi connectivity index (χ4n) is 2.54. The van der Waals surface area contributed by atoms with E-state index >= 15 is 0 Å². The number of aliphatic hydroxyl groups is 1. The van der Waals surface area contributed by atoms with E-state index in [0.717, 1.165) is 0 Å². The molecule has 116 valence electrons.